The number of amides is 1. The van der Waals surface area contributed by atoms with Crippen LogP contribution >= 0.6 is 11.6 Å². The SMILES string of the molecule is CC1=C(NNC(=O)CNc2ccc(Cl)cc2)CCCC1. The van der Waals surface area contributed by atoms with E-state index in [-0.39, 0.29) is 12.5 Å². The normalized spacial score (nSPS) is 14.9. The first-order chi connectivity index (χ1) is 9.65. The zero-order valence-corrected chi connectivity index (χ0v) is 12.4. The van der Waals surface area contributed by atoms with Gasteiger partial charge >= 0.3 is 0 Å². The molecule has 0 bridgehead atoms. The van der Waals surface area contributed by atoms with Gasteiger partial charge in [0, 0.05) is 16.4 Å². The first-order valence-electron chi connectivity index (χ1n) is 6.88. The molecule has 0 radical (unpaired) electrons. The third-order valence-corrected chi connectivity index (χ3v) is 3.65. The van der Waals surface area contributed by atoms with E-state index in [9.17, 15) is 4.79 Å². The lowest BCUT2D eigenvalue weighted by Crippen LogP contribution is -2.40. The Bertz CT molecular complexity index is 496. The Morgan fingerprint density at radius 3 is 2.60 bits per heavy atom. The number of anilines is 1. The Kier molecular flexibility index (Phi) is 5.30. The van der Waals surface area contributed by atoms with Crippen molar-refractivity contribution < 1.29 is 4.79 Å². The Balaban J connectivity index is 1.74. The minimum Gasteiger partial charge on any atom is -0.376 e. The van der Waals surface area contributed by atoms with Crippen LogP contribution in [0.15, 0.2) is 35.5 Å². The number of nitrogens with one attached hydrogen (secondary N) is 3. The first-order valence-corrected chi connectivity index (χ1v) is 7.26. The molecule has 1 aromatic carbocycles. The Morgan fingerprint density at radius 1 is 1.20 bits per heavy atom. The van der Waals surface area contributed by atoms with Crippen LogP contribution in [-0.4, -0.2) is 12.5 Å². The average molecular weight is 294 g/mol. The van der Waals surface area contributed by atoms with E-state index in [1.54, 1.807) is 12.1 Å². The summed E-state index contributed by atoms with van der Waals surface area (Å²) in [7, 11) is 0. The maximum absolute atomic E-state index is 11.7. The second-order valence-corrected chi connectivity index (χ2v) is 5.44. The maximum atomic E-state index is 11.7. The van der Waals surface area contributed by atoms with E-state index >= 15 is 0 Å². The van der Waals surface area contributed by atoms with Gasteiger partial charge in [-0.2, -0.15) is 0 Å². The van der Waals surface area contributed by atoms with Crippen molar-refractivity contribution in [1.82, 2.24) is 10.9 Å². The lowest BCUT2D eigenvalue weighted by molar-refractivity contribution is -0.120. The number of carbonyl (C=O) groups is 1. The van der Waals surface area contributed by atoms with Crippen LogP contribution in [0.5, 0.6) is 0 Å². The van der Waals surface area contributed by atoms with Gasteiger partial charge in [0.15, 0.2) is 0 Å². The molecule has 0 heterocycles. The maximum Gasteiger partial charge on any atom is 0.257 e. The molecule has 0 saturated carbocycles. The number of hydrogen-bond donors (Lipinski definition) is 3. The van der Waals surface area contributed by atoms with E-state index in [0.717, 1.165) is 24.2 Å². The van der Waals surface area contributed by atoms with Gasteiger partial charge in [-0.1, -0.05) is 17.2 Å². The van der Waals surface area contributed by atoms with E-state index in [2.05, 4.69) is 23.1 Å². The van der Waals surface area contributed by atoms with Crippen molar-refractivity contribution in [2.45, 2.75) is 32.6 Å². The Morgan fingerprint density at radius 2 is 1.90 bits per heavy atom. The van der Waals surface area contributed by atoms with Crippen LogP contribution < -0.4 is 16.2 Å². The van der Waals surface area contributed by atoms with Crippen LogP contribution in [0.1, 0.15) is 32.6 Å². The van der Waals surface area contributed by atoms with Crippen molar-refractivity contribution >= 4 is 23.2 Å². The molecule has 0 aliphatic heterocycles. The number of hydrazine groups is 1. The second-order valence-electron chi connectivity index (χ2n) is 5.00. The van der Waals surface area contributed by atoms with Crippen LogP contribution in [0.25, 0.3) is 0 Å². The molecule has 0 atom stereocenters. The number of allylic oxidation sites excluding steroid dienone is 2. The fraction of sp³-hybridized carbons (Fsp3) is 0.400. The topological polar surface area (TPSA) is 53.2 Å². The van der Waals surface area contributed by atoms with Crippen molar-refractivity contribution in [2.24, 2.45) is 0 Å². The molecule has 1 aromatic rings. The lowest BCUT2D eigenvalue weighted by atomic mass is 9.98. The minimum absolute atomic E-state index is 0.0918. The summed E-state index contributed by atoms with van der Waals surface area (Å²) in [6.07, 6.45) is 4.54. The summed E-state index contributed by atoms with van der Waals surface area (Å²) < 4.78 is 0. The van der Waals surface area contributed by atoms with E-state index in [4.69, 9.17) is 11.6 Å². The molecular formula is C15H20ClN3O. The Labute approximate surface area is 124 Å². The summed E-state index contributed by atoms with van der Waals surface area (Å²) in [6, 6.07) is 7.26. The summed E-state index contributed by atoms with van der Waals surface area (Å²) in [5.41, 5.74) is 9.12. The number of carbonyl (C=O) groups excluding carboxylic acids is 1. The molecular weight excluding hydrogens is 274 g/mol. The van der Waals surface area contributed by atoms with Crippen molar-refractivity contribution in [2.75, 3.05) is 11.9 Å². The highest BCUT2D eigenvalue weighted by molar-refractivity contribution is 6.30. The molecule has 0 aromatic heterocycles. The van der Waals surface area contributed by atoms with E-state index in [1.165, 1.54) is 18.4 Å². The molecule has 5 heteroatoms. The van der Waals surface area contributed by atoms with Gasteiger partial charge in [-0.15, -0.1) is 0 Å². The molecule has 20 heavy (non-hydrogen) atoms. The molecule has 1 aliphatic carbocycles. The van der Waals surface area contributed by atoms with Crippen molar-refractivity contribution in [1.29, 1.82) is 0 Å². The largest absolute Gasteiger partial charge is 0.376 e. The van der Waals surface area contributed by atoms with Gasteiger partial charge in [-0.3, -0.25) is 10.2 Å². The predicted molar refractivity (Wildman–Crippen MR) is 82.4 cm³/mol. The highest BCUT2D eigenvalue weighted by Gasteiger charge is 2.09. The average Bonchev–Trinajstić information content (AvgIpc) is 2.46. The molecule has 4 nitrogen and oxygen atoms in total. The second kappa shape index (κ2) is 7.20. The Hall–Kier alpha value is -1.68. The van der Waals surface area contributed by atoms with Crippen LogP contribution in [0, 0.1) is 0 Å². The predicted octanol–water partition coefficient (Wildman–Crippen LogP) is 3.22. The molecule has 1 amide bonds. The molecule has 3 N–H and O–H groups in total. The van der Waals surface area contributed by atoms with Crippen LogP contribution in [-0.2, 0) is 4.79 Å². The van der Waals surface area contributed by atoms with Gasteiger partial charge in [0.1, 0.15) is 0 Å². The van der Waals surface area contributed by atoms with E-state index in [0.29, 0.717) is 5.02 Å². The van der Waals surface area contributed by atoms with Gasteiger partial charge in [0.2, 0.25) is 0 Å². The molecule has 0 unspecified atom stereocenters. The first kappa shape index (κ1) is 14.7. The number of rotatable bonds is 5. The van der Waals surface area contributed by atoms with Crippen LogP contribution in [0.4, 0.5) is 5.69 Å². The fourth-order valence-electron chi connectivity index (χ4n) is 2.16. The van der Waals surface area contributed by atoms with Gasteiger partial charge < -0.3 is 10.7 Å². The van der Waals surface area contributed by atoms with Gasteiger partial charge in [0.05, 0.1) is 6.54 Å². The lowest BCUT2D eigenvalue weighted by Gasteiger charge is -2.19. The molecule has 1 aliphatic rings. The van der Waals surface area contributed by atoms with E-state index < -0.39 is 0 Å². The zero-order valence-electron chi connectivity index (χ0n) is 11.6. The standard InChI is InChI=1S/C15H20ClN3O/c1-11-4-2-3-5-14(11)18-19-15(20)10-17-13-8-6-12(16)7-9-13/h6-9,17-18H,2-5,10H2,1H3,(H,19,20). The molecule has 0 saturated heterocycles. The molecule has 2 rings (SSSR count). The number of hydrogen-bond acceptors (Lipinski definition) is 3. The summed E-state index contributed by atoms with van der Waals surface area (Å²) in [5, 5.41) is 3.73. The van der Waals surface area contributed by atoms with Crippen molar-refractivity contribution in [3.63, 3.8) is 0 Å². The summed E-state index contributed by atoms with van der Waals surface area (Å²) in [4.78, 5) is 11.7. The third-order valence-electron chi connectivity index (χ3n) is 3.39. The fourth-order valence-corrected chi connectivity index (χ4v) is 2.29. The smallest absolute Gasteiger partial charge is 0.257 e. The number of halogens is 1. The highest BCUT2D eigenvalue weighted by atomic mass is 35.5. The quantitative estimate of drug-likeness (QED) is 0.731. The van der Waals surface area contributed by atoms with Crippen LogP contribution in [0.2, 0.25) is 5.02 Å². The van der Waals surface area contributed by atoms with E-state index in [1.807, 2.05) is 12.1 Å². The summed E-state index contributed by atoms with van der Waals surface area (Å²) in [5.74, 6) is -0.0918. The molecule has 0 spiro atoms. The zero-order chi connectivity index (χ0) is 14.4. The van der Waals surface area contributed by atoms with Crippen molar-refractivity contribution in [3.05, 3.63) is 40.6 Å². The monoisotopic (exact) mass is 293 g/mol. The highest BCUT2D eigenvalue weighted by Crippen LogP contribution is 2.21. The third kappa shape index (κ3) is 4.46. The van der Waals surface area contributed by atoms with Gasteiger partial charge in [-0.25, -0.2) is 0 Å². The summed E-state index contributed by atoms with van der Waals surface area (Å²) in [6.45, 7) is 2.33. The van der Waals surface area contributed by atoms with Crippen molar-refractivity contribution in [3.8, 4) is 0 Å². The van der Waals surface area contributed by atoms with Gasteiger partial charge in [0.25, 0.3) is 5.91 Å². The van der Waals surface area contributed by atoms with Gasteiger partial charge in [-0.05, 0) is 56.9 Å². The summed E-state index contributed by atoms with van der Waals surface area (Å²) >= 11 is 5.80. The van der Waals surface area contributed by atoms with Crippen LogP contribution in [0.3, 0.4) is 0 Å². The minimum atomic E-state index is -0.0918. The number of benzene rings is 1. The molecule has 108 valence electrons. The molecule has 0 fully saturated rings.